The van der Waals surface area contributed by atoms with Crippen molar-refractivity contribution in [2.45, 2.75) is 16.6 Å². The van der Waals surface area contributed by atoms with Crippen molar-refractivity contribution in [2.24, 2.45) is 0 Å². The predicted molar refractivity (Wildman–Crippen MR) is 113 cm³/mol. The maximum atomic E-state index is 13.3. The Morgan fingerprint density at radius 2 is 1.88 bits per heavy atom. The van der Waals surface area contributed by atoms with Crippen LogP contribution in [-0.4, -0.2) is 33.6 Å². The van der Waals surface area contributed by atoms with E-state index in [2.05, 4.69) is 5.32 Å². The van der Waals surface area contributed by atoms with Gasteiger partial charge in [0.15, 0.2) is 21.3 Å². The Balaban J connectivity index is 1.45. The maximum absolute atomic E-state index is 13.3. The largest absolute Gasteiger partial charge is 0.468 e. The van der Waals surface area contributed by atoms with E-state index in [1.807, 2.05) is 0 Å². The third-order valence-electron chi connectivity index (χ3n) is 5.32. The van der Waals surface area contributed by atoms with E-state index in [1.165, 1.54) is 29.4 Å². The lowest BCUT2D eigenvalue weighted by Gasteiger charge is -2.21. The number of rotatable bonds is 4. The molecule has 3 aromatic rings. The van der Waals surface area contributed by atoms with Crippen molar-refractivity contribution < 1.29 is 31.9 Å². The van der Waals surface area contributed by atoms with Gasteiger partial charge in [-0.25, -0.2) is 8.42 Å². The first kappa shape index (κ1) is 20.1. The normalized spacial score (nSPS) is 18.7. The quantitative estimate of drug-likeness (QED) is 0.644. The standard InChI is InChI=1S/C22H18N2O7S/c25-21(23-14-7-8-16-18(10-14)31-13-30-16)12-24-15-4-1-2-6-19(15)32(27,28)20(11-22(24)26)17-5-3-9-29-17/h1-10,20H,11-13H2,(H,23,25). The highest BCUT2D eigenvalue weighted by atomic mass is 32.2. The number of nitrogens with zero attached hydrogens (tertiary/aromatic N) is 1. The molecule has 0 bridgehead atoms. The zero-order chi connectivity index (χ0) is 22.3. The van der Waals surface area contributed by atoms with Crippen molar-refractivity contribution in [3.05, 3.63) is 66.6 Å². The van der Waals surface area contributed by atoms with Crippen molar-refractivity contribution in [3.8, 4) is 11.5 Å². The van der Waals surface area contributed by atoms with Crippen molar-refractivity contribution in [3.63, 3.8) is 0 Å². The monoisotopic (exact) mass is 454 g/mol. The summed E-state index contributed by atoms with van der Waals surface area (Å²) >= 11 is 0. The Morgan fingerprint density at radius 1 is 1.06 bits per heavy atom. The van der Waals surface area contributed by atoms with Crippen molar-refractivity contribution in [1.82, 2.24) is 0 Å². The fourth-order valence-corrected chi connectivity index (χ4v) is 5.65. The van der Waals surface area contributed by atoms with Gasteiger partial charge in [-0.3, -0.25) is 9.59 Å². The van der Waals surface area contributed by atoms with Crippen LogP contribution in [0, 0.1) is 0 Å². The zero-order valence-corrected chi connectivity index (χ0v) is 17.5. The first-order valence-corrected chi connectivity index (χ1v) is 11.3. The first-order chi connectivity index (χ1) is 15.4. The highest BCUT2D eigenvalue weighted by Gasteiger charge is 2.41. The minimum absolute atomic E-state index is 0.0249. The summed E-state index contributed by atoms with van der Waals surface area (Å²) in [6.45, 7) is -0.248. The molecule has 2 amide bonds. The van der Waals surface area contributed by atoms with Crippen molar-refractivity contribution >= 4 is 33.0 Å². The van der Waals surface area contributed by atoms with Gasteiger partial charge >= 0.3 is 0 Å². The zero-order valence-electron chi connectivity index (χ0n) is 16.7. The van der Waals surface area contributed by atoms with Gasteiger partial charge in [-0.05, 0) is 36.4 Å². The summed E-state index contributed by atoms with van der Waals surface area (Å²) in [6.07, 6.45) is 1.02. The number of ether oxygens (including phenoxy) is 2. The fourth-order valence-electron chi connectivity index (χ4n) is 3.81. The van der Waals surface area contributed by atoms with E-state index in [-0.39, 0.29) is 36.1 Å². The van der Waals surface area contributed by atoms with Crippen LogP contribution in [0.1, 0.15) is 17.4 Å². The number of para-hydroxylation sites is 1. The van der Waals surface area contributed by atoms with E-state index >= 15 is 0 Å². The number of hydrogen-bond donors (Lipinski definition) is 1. The molecule has 9 nitrogen and oxygen atoms in total. The van der Waals surface area contributed by atoms with E-state index in [1.54, 1.807) is 36.4 Å². The molecule has 10 heteroatoms. The van der Waals surface area contributed by atoms with E-state index in [9.17, 15) is 18.0 Å². The number of benzene rings is 2. The SMILES string of the molecule is O=C(CN1C(=O)CC(c2ccco2)S(=O)(=O)c2ccccc21)Nc1ccc2c(c1)OCO2. The Labute approximate surface area is 183 Å². The number of nitrogens with one attached hydrogen (secondary N) is 1. The number of anilines is 2. The highest BCUT2D eigenvalue weighted by Crippen LogP contribution is 2.40. The molecule has 0 spiro atoms. The Morgan fingerprint density at radius 3 is 2.69 bits per heavy atom. The van der Waals surface area contributed by atoms with E-state index in [0.717, 1.165) is 0 Å². The van der Waals surface area contributed by atoms with Gasteiger partial charge in [0.25, 0.3) is 0 Å². The van der Waals surface area contributed by atoms with Gasteiger partial charge in [0.2, 0.25) is 18.6 Å². The molecule has 0 saturated heterocycles. The van der Waals surface area contributed by atoms with Gasteiger partial charge in [0, 0.05) is 11.8 Å². The van der Waals surface area contributed by atoms with Crippen LogP contribution in [0.4, 0.5) is 11.4 Å². The van der Waals surface area contributed by atoms with Crippen LogP contribution in [0.2, 0.25) is 0 Å². The summed E-state index contributed by atoms with van der Waals surface area (Å²) in [4.78, 5) is 27.1. The van der Waals surface area contributed by atoms with Crippen LogP contribution in [-0.2, 0) is 19.4 Å². The Hall–Kier alpha value is -3.79. The van der Waals surface area contributed by atoms with Gasteiger partial charge in [-0.15, -0.1) is 0 Å². The molecule has 2 aromatic carbocycles. The molecule has 0 aliphatic carbocycles. The summed E-state index contributed by atoms with van der Waals surface area (Å²) in [7, 11) is -3.93. The second-order valence-electron chi connectivity index (χ2n) is 7.32. The lowest BCUT2D eigenvalue weighted by molar-refractivity contribution is -0.121. The van der Waals surface area contributed by atoms with Crippen LogP contribution in [0.5, 0.6) is 11.5 Å². The number of carbonyl (C=O) groups is 2. The summed E-state index contributed by atoms with van der Waals surface area (Å²) in [5, 5.41) is 1.54. The van der Waals surface area contributed by atoms with E-state index in [4.69, 9.17) is 13.9 Å². The molecule has 5 rings (SSSR count). The van der Waals surface area contributed by atoms with Crippen LogP contribution in [0.15, 0.2) is 70.2 Å². The average molecular weight is 454 g/mol. The molecule has 1 atom stereocenters. The molecule has 0 saturated carbocycles. The molecule has 164 valence electrons. The highest BCUT2D eigenvalue weighted by molar-refractivity contribution is 7.91. The topological polar surface area (TPSA) is 115 Å². The first-order valence-electron chi connectivity index (χ1n) is 9.80. The third-order valence-corrected chi connectivity index (χ3v) is 7.42. The molecule has 1 unspecified atom stereocenters. The average Bonchev–Trinajstić information content (AvgIpc) is 3.45. The fraction of sp³-hybridized carbons (Fsp3) is 0.182. The summed E-state index contributed by atoms with van der Waals surface area (Å²) < 4.78 is 42.5. The number of furan rings is 1. The molecule has 2 aliphatic heterocycles. The number of sulfone groups is 1. The van der Waals surface area contributed by atoms with Gasteiger partial charge in [-0.2, -0.15) is 0 Å². The van der Waals surface area contributed by atoms with Crippen LogP contribution < -0.4 is 19.7 Å². The van der Waals surface area contributed by atoms with Crippen LogP contribution in [0.25, 0.3) is 0 Å². The second-order valence-corrected chi connectivity index (χ2v) is 9.42. The number of carbonyl (C=O) groups excluding carboxylic acids is 2. The molecular weight excluding hydrogens is 436 g/mol. The smallest absolute Gasteiger partial charge is 0.244 e. The molecule has 1 aromatic heterocycles. The minimum Gasteiger partial charge on any atom is -0.468 e. The van der Waals surface area contributed by atoms with Gasteiger partial charge in [-0.1, -0.05) is 12.1 Å². The third kappa shape index (κ3) is 3.48. The minimum atomic E-state index is -3.93. The number of hydrogen-bond acceptors (Lipinski definition) is 7. The lowest BCUT2D eigenvalue weighted by atomic mass is 10.2. The molecule has 1 N–H and O–H groups in total. The molecule has 0 radical (unpaired) electrons. The second kappa shape index (κ2) is 7.72. The lowest BCUT2D eigenvalue weighted by Crippen LogP contribution is -2.38. The summed E-state index contributed by atoms with van der Waals surface area (Å²) in [5.41, 5.74) is 0.628. The Bertz CT molecular complexity index is 1300. The van der Waals surface area contributed by atoms with Gasteiger partial charge in [0.1, 0.15) is 17.6 Å². The number of amides is 2. The van der Waals surface area contributed by atoms with Gasteiger partial charge < -0.3 is 24.1 Å². The van der Waals surface area contributed by atoms with Crippen LogP contribution >= 0.6 is 0 Å². The van der Waals surface area contributed by atoms with E-state index in [0.29, 0.717) is 17.2 Å². The molecular formula is C22H18N2O7S. The molecule has 32 heavy (non-hydrogen) atoms. The van der Waals surface area contributed by atoms with Crippen molar-refractivity contribution in [2.75, 3.05) is 23.6 Å². The molecule has 0 fully saturated rings. The van der Waals surface area contributed by atoms with Crippen LogP contribution in [0.3, 0.4) is 0 Å². The predicted octanol–water partition coefficient (Wildman–Crippen LogP) is 2.90. The van der Waals surface area contributed by atoms with E-state index < -0.39 is 26.9 Å². The molecule has 3 heterocycles. The van der Waals surface area contributed by atoms with Gasteiger partial charge in [0.05, 0.1) is 23.3 Å². The maximum Gasteiger partial charge on any atom is 0.244 e. The summed E-state index contributed by atoms with van der Waals surface area (Å²) in [6, 6.07) is 14.2. The molecule has 2 aliphatic rings. The number of fused-ring (bicyclic) bond motifs is 2. The Kier molecular flexibility index (Phi) is 4.86. The summed E-state index contributed by atoms with van der Waals surface area (Å²) in [5.74, 6) is 0.279. The van der Waals surface area contributed by atoms with Crippen molar-refractivity contribution in [1.29, 1.82) is 0 Å².